The van der Waals surface area contributed by atoms with Crippen LogP contribution in [0.3, 0.4) is 0 Å². The van der Waals surface area contributed by atoms with E-state index < -0.39 is 30.4 Å². The van der Waals surface area contributed by atoms with Gasteiger partial charge in [0.25, 0.3) is 0 Å². The number of nitrogens with zero attached hydrogens (tertiary/aromatic N) is 1. The maximum absolute atomic E-state index is 11.6. The number of hydrogen-bond acceptors (Lipinski definition) is 4. The Morgan fingerprint density at radius 2 is 1.95 bits per heavy atom. The van der Waals surface area contributed by atoms with Gasteiger partial charge in [0, 0.05) is 19.1 Å². The number of nitrogens with two attached hydrogens (primary N) is 1. The quantitative estimate of drug-likeness (QED) is 0.480. The minimum absolute atomic E-state index is 0.418. The van der Waals surface area contributed by atoms with Crippen molar-refractivity contribution < 1.29 is 19.5 Å². The molecule has 1 aliphatic rings. The van der Waals surface area contributed by atoms with Crippen LogP contribution in [-0.2, 0) is 9.59 Å². The Morgan fingerprint density at radius 1 is 1.33 bits per heavy atom. The zero-order chi connectivity index (χ0) is 15.8. The van der Waals surface area contributed by atoms with Crippen molar-refractivity contribution in [3.8, 4) is 0 Å². The van der Waals surface area contributed by atoms with Crippen LogP contribution < -0.4 is 16.4 Å². The molecule has 0 aromatic rings. The van der Waals surface area contributed by atoms with Gasteiger partial charge in [0.15, 0.2) is 0 Å². The van der Waals surface area contributed by atoms with Crippen LogP contribution in [0.4, 0.5) is 4.79 Å². The second-order valence-electron chi connectivity index (χ2n) is 5.38. The van der Waals surface area contributed by atoms with Crippen LogP contribution in [0.15, 0.2) is 0 Å². The van der Waals surface area contributed by atoms with E-state index in [1.54, 1.807) is 0 Å². The van der Waals surface area contributed by atoms with E-state index in [2.05, 4.69) is 15.5 Å². The molecule has 1 aliphatic carbocycles. The monoisotopic (exact) mass is 300 g/mol. The largest absolute Gasteiger partial charge is 0.480 e. The van der Waals surface area contributed by atoms with Gasteiger partial charge < -0.3 is 26.4 Å². The molecule has 0 spiro atoms. The fourth-order valence-corrected chi connectivity index (χ4v) is 2.48. The van der Waals surface area contributed by atoms with E-state index >= 15 is 0 Å². The van der Waals surface area contributed by atoms with E-state index in [0.29, 0.717) is 19.1 Å². The van der Waals surface area contributed by atoms with Gasteiger partial charge in [0.2, 0.25) is 5.91 Å². The average molecular weight is 300 g/mol. The molecule has 8 nitrogen and oxygen atoms in total. The van der Waals surface area contributed by atoms with Gasteiger partial charge in [-0.25, -0.2) is 9.59 Å². The third-order valence-corrected chi connectivity index (χ3v) is 3.71. The molecule has 0 radical (unpaired) electrons. The molecular weight excluding hydrogens is 276 g/mol. The third kappa shape index (κ3) is 6.44. The lowest BCUT2D eigenvalue weighted by Crippen LogP contribution is -2.49. The van der Waals surface area contributed by atoms with E-state index in [9.17, 15) is 14.4 Å². The topological polar surface area (TPSA) is 125 Å². The highest BCUT2D eigenvalue weighted by Crippen LogP contribution is 2.21. The fraction of sp³-hybridized carbons (Fsp3) is 0.769. The van der Waals surface area contributed by atoms with Gasteiger partial charge in [-0.1, -0.05) is 12.8 Å². The Labute approximate surface area is 124 Å². The Bertz CT molecular complexity index is 382. The summed E-state index contributed by atoms with van der Waals surface area (Å²) in [5.41, 5.74) is 4.94. The van der Waals surface area contributed by atoms with E-state index in [4.69, 9.17) is 10.8 Å². The highest BCUT2D eigenvalue weighted by molar-refractivity contribution is 5.87. The molecule has 1 atom stereocenters. The van der Waals surface area contributed by atoms with Gasteiger partial charge in [-0.2, -0.15) is 0 Å². The number of aliphatic carboxylic acids is 1. The summed E-state index contributed by atoms with van der Waals surface area (Å²) in [6.45, 7) is 1.12. The second-order valence-corrected chi connectivity index (χ2v) is 5.38. The van der Waals surface area contributed by atoms with Crippen LogP contribution in [0.5, 0.6) is 0 Å². The molecule has 0 heterocycles. The second kappa shape index (κ2) is 8.46. The maximum atomic E-state index is 11.6. The molecule has 21 heavy (non-hydrogen) atoms. The lowest BCUT2D eigenvalue weighted by molar-refractivity contribution is -0.140. The first-order valence-corrected chi connectivity index (χ1v) is 7.16. The van der Waals surface area contributed by atoms with Crippen LogP contribution >= 0.6 is 0 Å². The van der Waals surface area contributed by atoms with Crippen molar-refractivity contribution >= 4 is 17.9 Å². The number of primary amides is 1. The Balaban J connectivity index is 2.25. The molecule has 1 unspecified atom stereocenters. The summed E-state index contributed by atoms with van der Waals surface area (Å²) in [5, 5.41) is 13.7. The fourth-order valence-electron chi connectivity index (χ4n) is 2.48. The SMILES string of the molecule is CN(CCNC(=O)NC(CC(N)=O)C(=O)O)C1CCCC1. The first-order chi connectivity index (χ1) is 9.90. The lowest BCUT2D eigenvalue weighted by Gasteiger charge is -2.24. The maximum Gasteiger partial charge on any atom is 0.326 e. The molecule has 0 bridgehead atoms. The van der Waals surface area contributed by atoms with Gasteiger partial charge in [0.05, 0.1) is 6.42 Å². The smallest absolute Gasteiger partial charge is 0.326 e. The number of urea groups is 1. The summed E-state index contributed by atoms with van der Waals surface area (Å²) >= 11 is 0. The number of amides is 3. The molecule has 0 aromatic carbocycles. The van der Waals surface area contributed by atoms with Crippen molar-refractivity contribution in [2.45, 2.75) is 44.2 Å². The summed E-state index contributed by atoms with van der Waals surface area (Å²) in [6.07, 6.45) is 4.43. The van der Waals surface area contributed by atoms with Crippen molar-refractivity contribution in [1.82, 2.24) is 15.5 Å². The van der Waals surface area contributed by atoms with Gasteiger partial charge in [-0.05, 0) is 19.9 Å². The zero-order valence-corrected chi connectivity index (χ0v) is 12.3. The van der Waals surface area contributed by atoms with Crippen molar-refractivity contribution in [2.75, 3.05) is 20.1 Å². The summed E-state index contributed by atoms with van der Waals surface area (Å²) in [4.78, 5) is 35.4. The molecule has 0 saturated heterocycles. The minimum atomic E-state index is -1.30. The Kier molecular flexibility index (Phi) is 6.93. The van der Waals surface area contributed by atoms with E-state index in [1.165, 1.54) is 25.7 Å². The molecule has 3 amide bonds. The zero-order valence-electron chi connectivity index (χ0n) is 12.3. The van der Waals surface area contributed by atoms with Crippen LogP contribution in [0.25, 0.3) is 0 Å². The number of nitrogens with one attached hydrogen (secondary N) is 2. The standard InChI is InChI=1S/C13H24N4O4/c1-17(9-4-2-3-5-9)7-6-15-13(21)16-10(12(19)20)8-11(14)18/h9-10H,2-8H2,1H3,(H2,14,18)(H,19,20)(H2,15,16,21). The highest BCUT2D eigenvalue weighted by Gasteiger charge is 2.22. The van der Waals surface area contributed by atoms with E-state index in [-0.39, 0.29) is 0 Å². The molecule has 0 aromatic heterocycles. The molecule has 1 rings (SSSR count). The number of rotatable bonds is 8. The van der Waals surface area contributed by atoms with Crippen LogP contribution in [0.2, 0.25) is 0 Å². The average Bonchev–Trinajstić information content (AvgIpc) is 2.91. The molecule has 5 N–H and O–H groups in total. The Hall–Kier alpha value is -1.83. The van der Waals surface area contributed by atoms with Crippen molar-refractivity contribution in [3.05, 3.63) is 0 Å². The van der Waals surface area contributed by atoms with Crippen molar-refractivity contribution in [3.63, 3.8) is 0 Å². The van der Waals surface area contributed by atoms with Crippen LogP contribution in [0, 0.1) is 0 Å². The van der Waals surface area contributed by atoms with Crippen molar-refractivity contribution in [1.29, 1.82) is 0 Å². The predicted molar refractivity (Wildman–Crippen MR) is 76.7 cm³/mol. The predicted octanol–water partition coefficient (Wildman–Crippen LogP) is -0.511. The van der Waals surface area contributed by atoms with Gasteiger partial charge >= 0.3 is 12.0 Å². The molecule has 1 saturated carbocycles. The number of carboxylic acids is 1. The van der Waals surface area contributed by atoms with Gasteiger partial charge in [0.1, 0.15) is 6.04 Å². The van der Waals surface area contributed by atoms with Crippen LogP contribution in [0.1, 0.15) is 32.1 Å². The van der Waals surface area contributed by atoms with Crippen LogP contribution in [-0.4, -0.2) is 60.1 Å². The number of carbonyl (C=O) groups excluding carboxylic acids is 2. The first kappa shape index (κ1) is 17.2. The number of carboxylic acid groups (broad SMARTS) is 1. The summed E-state index contributed by atoms with van der Waals surface area (Å²) in [5.74, 6) is -2.06. The summed E-state index contributed by atoms with van der Waals surface area (Å²) in [7, 11) is 2.02. The van der Waals surface area contributed by atoms with E-state index in [0.717, 1.165) is 0 Å². The summed E-state index contributed by atoms with van der Waals surface area (Å²) < 4.78 is 0. The van der Waals surface area contributed by atoms with Gasteiger partial charge in [-0.3, -0.25) is 4.79 Å². The Morgan fingerprint density at radius 3 is 2.48 bits per heavy atom. The molecule has 1 fully saturated rings. The normalized spacial score (nSPS) is 16.7. The minimum Gasteiger partial charge on any atom is -0.480 e. The first-order valence-electron chi connectivity index (χ1n) is 7.16. The molecule has 0 aliphatic heterocycles. The number of carbonyl (C=O) groups is 3. The summed E-state index contributed by atoms with van der Waals surface area (Å²) in [6, 6.07) is -1.34. The molecular formula is C13H24N4O4. The number of likely N-dealkylation sites (N-methyl/N-ethyl adjacent to an activating group) is 1. The van der Waals surface area contributed by atoms with Gasteiger partial charge in [-0.15, -0.1) is 0 Å². The molecule has 120 valence electrons. The van der Waals surface area contributed by atoms with Crippen molar-refractivity contribution in [2.24, 2.45) is 5.73 Å². The van der Waals surface area contributed by atoms with E-state index in [1.807, 2.05) is 7.05 Å². The number of hydrogen-bond donors (Lipinski definition) is 4. The highest BCUT2D eigenvalue weighted by atomic mass is 16.4. The lowest BCUT2D eigenvalue weighted by atomic mass is 10.2. The molecule has 8 heteroatoms. The third-order valence-electron chi connectivity index (χ3n) is 3.71.